The predicted octanol–water partition coefficient (Wildman–Crippen LogP) is 4.51. The van der Waals surface area contributed by atoms with Gasteiger partial charge in [0, 0.05) is 23.5 Å². The average molecular weight is 366 g/mol. The van der Waals surface area contributed by atoms with Crippen molar-refractivity contribution in [3.05, 3.63) is 94.8 Å². The standard InChI is InChI=1S/C21H20ClN3O/c1-15-10-11-17(13-19(15)22)25-21(26)20(16-7-3-2-4-8-16)24-14-18-9-5-6-12-23-18/h2-13,20,24H,14H2,1H3,(H,25,26)/t20-/m1/s1. The zero-order valence-electron chi connectivity index (χ0n) is 14.4. The summed E-state index contributed by atoms with van der Waals surface area (Å²) in [5.74, 6) is -0.146. The van der Waals surface area contributed by atoms with E-state index in [1.165, 1.54) is 0 Å². The third-order valence-electron chi connectivity index (χ3n) is 4.05. The van der Waals surface area contributed by atoms with Crippen molar-refractivity contribution in [3.63, 3.8) is 0 Å². The average Bonchev–Trinajstić information content (AvgIpc) is 2.67. The van der Waals surface area contributed by atoms with E-state index in [0.717, 1.165) is 16.8 Å². The molecule has 0 saturated heterocycles. The van der Waals surface area contributed by atoms with Crippen LogP contribution in [0.25, 0.3) is 0 Å². The molecular formula is C21H20ClN3O. The molecule has 4 nitrogen and oxygen atoms in total. The quantitative estimate of drug-likeness (QED) is 0.675. The van der Waals surface area contributed by atoms with Crippen molar-refractivity contribution in [2.45, 2.75) is 19.5 Å². The molecule has 1 aromatic heterocycles. The van der Waals surface area contributed by atoms with Gasteiger partial charge in [-0.2, -0.15) is 0 Å². The molecular weight excluding hydrogens is 346 g/mol. The van der Waals surface area contributed by atoms with Crippen LogP contribution in [0.2, 0.25) is 5.02 Å². The van der Waals surface area contributed by atoms with Gasteiger partial charge >= 0.3 is 0 Å². The lowest BCUT2D eigenvalue weighted by molar-refractivity contribution is -0.118. The Hall–Kier alpha value is -2.69. The minimum absolute atomic E-state index is 0.146. The molecule has 0 spiro atoms. The summed E-state index contributed by atoms with van der Waals surface area (Å²) in [7, 11) is 0. The molecule has 0 fully saturated rings. The first-order valence-corrected chi connectivity index (χ1v) is 8.76. The Morgan fingerprint density at radius 2 is 1.85 bits per heavy atom. The van der Waals surface area contributed by atoms with E-state index >= 15 is 0 Å². The van der Waals surface area contributed by atoms with Gasteiger partial charge in [-0.15, -0.1) is 0 Å². The maximum Gasteiger partial charge on any atom is 0.246 e. The van der Waals surface area contributed by atoms with Gasteiger partial charge < -0.3 is 5.32 Å². The third kappa shape index (κ3) is 4.69. The van der Waals surface area contributed by atoms with Crippen LogP contribution in [0.4, 0.5) is 5.69 Å². The minimum Gasteiger partial charge on any atom is -0.324 e. The summed E-state index contributed by atoms with van der Waals surface area (Å²) < 4.78 is 0. The van der Waals surface area contributed by atoms with Crippen molar-refractivity contribution in [2.24, 2.45) is 0 Å². The van der Waals surface area contributed by atoms with Crippen molar-refractivity contribution >= 4 is 23.2 Å². The van der Waals surface area contributed by atoms with Crippen molar-refractivity contribution < 1.29 is 4.79 Å². The maximum absolute atomic E-state index is 12.9. The topological polar surface area (TPSA) is 54.0 Å². The number of rotatable bonds is 6. The van der Waals surface area contributed by atoms with Crippen LogP contribution in [0.1, 0.15) is 22.9 Å². The molecule has 2 aromatic carbocycles. The largest absolute Gasteiger partial charge is 0.324 e. The van der Waals surface area contributed by atoms with Gasteiger partial charge in [-0.3, -0.25) is 15.1 Å². The molecule has 0 aliphatic heterocycles. The lowest BCUT2D eigenvalue weighted by atomic mass is 10.1. The molecule has 1 heterocycles. The molecule has 0 radical (unpaired) electrons. The summed E-state index contributed by atoms with van der Waals surface area (Å²) in [6.07, 6.45) is 1.74. The molecule has 3 rings (SSSR count). The third-order valence-corrected chi connectivity index (χ3v) is 4.46. The van der Waals surface area contributed by atoms with Crippen LogP contribution in [0, 0.1) is 6.92 Å². The number of halogens is 1. The van der Waals surface area contributed by atoms with Crippen molar-refractivity contribution in [3.8, 4) is 0 Å². The van der Waals surface area contributed by atoms with Crippen molar-refractivity contribution in [1.29, 1.82) is 0 Å². The SMILES string of the molecule is Cc1ccc(NC(=O)[C@H](NCc2ccccn2)c2ccccc2)cc1Cl. The number of pyridine rings is 1. The number of hydrogen-bond acceptors (Lipinski definition) is 3. The lowest BCUT2D eigenvalue weighted by Gasteiger charge is -2.19. The minimum atomic E-state index is -0.502. The maximum atomic E-state index is 12.9. The van der Waals surface area contributed by atoms with Gasteiger partial charge in [-0.05, 0) is 42.3 Å². The molecule has 0 saturated carbocycles. The molecule has 132 valence electrons. The molecule has 26 heavy (non-hydrogen) atoms. The summed E-state index contributed by atoms with van der Waals surface area (Å²) in [6.45, 7) is 2.41. The summed E-state index contributed by atoms with van der Waals surface area (Å²) in [5, 5.41) is 6.85. The highest BCUT2D eigenvalue weighted by molar-refractivity contribution is 6.31. The van der Waals surface area contributed by atoms with Crippen LogP contribution in [0.15, 0.2) is 72.9 Å². The van der Waals surface area contributed by atoms with E-state index in [0.29, 0.717) is 17.3 Å². The lowest BCUT2D eigenvalue weighted by Crippen LogP contribution is -2.33. The first-order chi connectivity index (χ1) is 12.6. The highest BCUT2D eigenvalue weighted by atomic mass is 35.5. The number of anilines is 1. The number of nitrogens with one attached hydrogen (secondary N) is 2. The first kappa shape index (κ1) is 18.1. The Balaban J connectivity index is 1.77. The first-order valence-electron chi connectivity index (χ1n) is 8.39. The molecule has 3 aromatic rings. The molecule has 2 N–H and O–H groups in total. The van der Waals surface area contributed by atoms with Gasteiger partial charge in [0.1, 0.15) is 6.04 Å². The summed E-state index contributed by atoms with van der Waals surface area (Å²) in [5.41, 5.74) is 3.41. The summed E-state index contributed by atoms with van der Waals surface area (Å²) >= 11 is 6.16. The van der Waals surface area contributed by atoms with Gasteiger partial charge in [0.15, 0.2) is 0 Å². The predicted molar refractivity (Wildman–Crippen MR) is 105 cm³/mol. The molecule has 0 unspecified atom stereocenters. The highest BCUT2D eigenvalue weighted by Gasteiger charge is 2.20. The smallest absolute Gasteiger partial charge is 0.246 e. The fourth-order valence-corrected chi connectivity index (χ4v) is 2.78. The van der Waals surface area contributed by atoms with E-state index in [-0.39, 0.29) is 5.91 Å². The van der Waals surface area contributed by atoms with Crippen LogP contribution in [-0.4, -0.2) is 10.9 Å². The number of benzene rings is 2. The van der Waals surface area contributed by atoms with Crippen molar-refractivity contribution in [2.75, 3.05) is 5.32 Å². The second-order valence-corrected chi connectivity index (χ2v) is 6.41. The number of nitrogens with zero attached hydrogens (tertiary/aromatic N) is 1. The molecule has 0 bridgehead atoms. The van der Waals surface area contributed by atoms with E-state index in [4.69, 9.17) is 11.6 Å². The van der Waals surface area contributed by atoms with Crippen LogP contribution in [-0.2, 0) is 11.3 Å². The van der Waals surface area contributed by atoms with E-state index in [1.807, 2.05) is 67.6 Å². The number of hydrogen-bond donors (Lipinski definition) is 2. The fraction of sp³-hybridized carbons (Fsp3) is 0.143. The van der Waals surface area contributed by atoms with Gasteiger partial charge in [-0.1, -0.05) is 54.1 Å². The Morgan fingerprint density at radius 3 is 2.54 bits per heavy atom. The molecule has 5 heteroatoms. The zero-order chi connectivity index (χ0) is 18.4. The monoisotopic (exact) mass is 365 g/mol. The zero-order valence-corrected chi connectivity index (χ0v) is 15.2. The van der Waals surface area contributed by atoms with E-state index in [2.05, 4.69) is 15.6 Å². The van der Waals surface area contributed by atoms with Gasteiger partial charge in [0.05, 0.1) is 5.69 Å². The van der Waals surface area contributed by atoms with E-state index in [1.54, 1.807) is 12.3 Å². The Kier molecular flexibility index (Phi) is 6.00. The Morgan fingerprint density at radius 1 is 1.08 bits per heavy atom. The van der Waals surface area contributed by atoms with Crippen LogP contribution < -0.4 is 10.6 Å². The fourth-order valence-electron chi connectivity index (χ4n) is 2.60. The second kappa shape index (κ2) is 8.61. The van der Waals surface area contributed by atoms with Gasteiger partial charge in [0.2, 0.25) is 5.91 Å². The summed E-state index contributed by atoms with van der Waals surface area (Å²) in [6, 6.07) is 20.3. The number of amides is 1. The molecule has 0 aliphatic carbocycles. The van der Waals surface area contributed by atoms with Crippen LogP contribution in [0.3, 0.4) is 0 Å². The van der Waals surface area contributed by atoms with Crippen LogP contribution in [0.5, 0.6) is 0 Å². The summed E-state index contributed by atoms with van der Waals surface area (Å²) in [4.78, 5) is 17.2. The Labute approximate surface area is 158 Å². The second-order valence-electron chi connectivity index (χ2n) is 6.00. The van der Waals surface area contributed by atoms with E-state index < -0.39 is 6.04 Å². The van der Waals surface area contributed by atoms with Crippen molar-refractivity contribution in [1.82, 2.24) is 10.3 Å². The van der Waals surface area contributed by atoms with E-state index in [9.17, 15) is 4.79 Å². The van der Waals surface area contributed by atoms with Crippen LogP contribution >= 0.6 is 11.6 Å². The molecule has 0 aliphatic rings. The molecule has 1 atom stereocenters. The number of aromatic nitrogens is 1. The Bertz CT molecular complexity index is 869. The number of carbonyl (C=O) groups excluding carboxylic acids is 1. The number of aryl methyl sites for hydroxylation is 1. The number of carbonyl (C=O) groups is 1. The normalized spacial score (nSPS) is 11.8. The van der Waals surface area contributed by atoms with Gasteiger partial charge in [-0.25, -0.2) is 0 Å². The highest BCUT2D eigenvalue weighted by Crippen LogP contribution is 2.22. The molecule has 1 amide bonds. The van der Waals surface area contributed by atoms with Gasteiger partial charge in [0.25, 0.3) is 0 Å².